The first-order valence-electron chi connectivity index (χ1n) is 15.3. The van der Waals surface area contributed by atoms with Gasteiger partial charge in [-0.1, -0.05) is 72.8 Å². The van der Waals surface area contributed by atoms with Gasteiger partial charge in [0.25, 0.3) is 0 Å². The number of para-hydroxylation sites is 4. The van der Waals surface area contributed by atoms with Crippen LogP contribution < -0.4 is 10.6 Å². The van der Waals surface area contributed by atoms with Gasteiger partial charge in [-0.25, -0.2) is 9.59 Å². The summed E-state index contributed by atoms with van der Waals surface area (Å²) >= 11 is 0. The Morgan fingerprint density at radius 3 is 1.07 bits per heavy atom. The summed E-state index contributed by atoms with van der Waals surface area (Å²) in [7, 11) is 0. The number of hydrogen-bond acceptors (Lipinski definition) is 4. The summed E-state index contributed by atoms with van der Waals surface area (Å²) in [6.07, 6.45) is 0.644. The number of rotatable bonds is 13. The minimum Gasteiger partial charge on any atom is -0.480 e. The summed E-state index contributed by atoms with van der Waals surface area (Å²) in [5.41, 5.74) is 3.01. The van der Waals surface area contributed by atoms with Crippen molar-refractivity contribution in [2.75, 3.05) is 13.1 Å². The minimum absolute atomic E-state index is 0.228. The van der Waals surface area contributed by atoms with Crippen LogP contribution in [0.4, 0.5) is 0 Å². The van der Waals surface area contributed by atoms with Crippen molar-refractivity contribution in [3.8, 4) is 0 Å². The molecule has 0 unspecified atom stereocenters. The van der Waals surface area contributed by atoms with Crippen LogP contribution >= 0.6 is 0 Å². The van der Waals surface area contributed by atoms with Crippen LogP contribution in [-0.2, 0) is 19.2 Å². The Labute approximate surface area is 264 Å². The van der Waals surface area contributed by atoms with E-state index in [0.717, 1.165) is 43.6 Å². The third kappa shape index (κ3) is 5.89. The topological polar surface area (TPSA) is 143 Å². The molecule has 0 aliphatic rings. The second-order valence-corrected chi connectivity index (χ2v) is 11.3. The number of aromatic nitrogens is 2. The molecule has 10 nitrogen and oxygen atoms in total. The Kier molecular flexibility index (Phi) is 8.69. The summed E-state index contributed by atoms with van der Waals surface area (Å²) in [5, 5.41) is 29.5. The summed E-state index contributed by atoms with van der Waals surface area (Å²) in [5.74, 6) is -2.95. The molecule has 2 atom stereocenters. The fourth-order valence-corrected chi connectivity index (χ4v) is 6.36. The van der Waals surface area contributed by atoms with Crippen LogP contribution in [-0.4, -0.2) is 56.2 Å². The number of carbonyl (C=O) groups is 4. The molecule has 2 amide bonds. The van der Waals surface area contributed by atoms with Gasteiger partial charge in [0.05, 0.1) is 12.8 Å². The van der Waals surface area contributed by atoms with Crippen LogP contribution in [0.15, 0.2) is 97.1 Å². The van der Waals surface area contributed by atoms with Crippen LogP contribution in [0, 0.1) is 0 Å². The minimum atomic E-state index is -1.09. The number of benzene rings is 4. The number of nitrogens with zero attached hydrogens (tertiary/aromatic N) is 2. The number of fused-ring (bicyclic) bond motifs is 6. The van der Waals surface area contributed by atoms with E-state index in [9.17, 15) is 29.4 Å². The Bertz CT molecular complexity index is 1840. The molecule has 0 saturated heterocycles. The van der Waals surface area contributed by atoms with E-state index < -0.39 is 24.0 Å². The average molecular weight is 619 g/mol. The second-order valence-electron chi connectivity index (χ2n) is 11.3. The smallest absolute Gasteiger partial charge is 0.327 e. The maximum Gasteiger partial charge on any atom is 0.327 e. The van der Waals surface area contributed by atoms with E-state index in [2.05, 4.69) is 10.6 Å². The van der Waals surface area contributed by atoms with Crippen molar-refractivity contribution in [2.45, 2.75) is 37.8 Å². The van der Waals surface area contributed by atoms with E-state index in [1.807, 2.05) is 97.1 Å². The molecular formula is C36H34N4O6. The number of carboxylic acids is 2. The third-order valence-electron chi connectivity index (χ3n) is 8.43. The first kappa shape index (κ1) is 30.4. The highest BCUT2D eigenvalue weighted by Crippen LogP contribution is 2.34. The van der Waals surface area contributed by atoms with Crippen LogP contribution in [0.5, 0.6) is 0 Å². The number of unbranched alkanes of at least 4 members (excludes halogenated alkanes) is 1. The van der Waals surface area contributed by atoms with Crippen LogP contribution in [0.1, 0.15) is 37.8 Å². The predicted molar refractivity (Wildman–Crippen MR) is 177 cm³/mol. The lowest BCUT2D eigenvalue weighted by molar-refractivity contribution is -0.143. The Hall–Kier alpha value is -5.64. The summed E-state index contributed by atoms with van der Waals surface area (Å²) in [6.45, 7) is 0.626. The monoisotopic (exact) mass is 618 g/mol. The van der Waals surface area contributed by atoms with Crippen molar-refractivity contribution in [3.63, 3.8) is 0 Å². The fourth-order valence-electron chi connectivity index (χ4n) is 6.36. The number of hydrogen-bond donors (Lipinski definition) is 4. The zero-order valence-corrected chi connectivity index (χ0v) is 25.1. The summed E-state index contributed by atoms with van der Waals surface area (Å²) in [4.78, 5) is 50.4. The first-order chi connectivity index (χ1) is 22.3. The molecule has 0 spiro atoms. The molecule has 2 aromatic heterocycles. The molecule has 2 heterocycles. The molecule has 0 saturated carbocycles. The van der Waals surface area contributed by atoms with Gasteiger partial charge >= 0.3 is 11.9 Å². The Morgan fingerprint density at radius 2 is 0.783 bits per heavy atom. The molecule has 0 bridgehead atoms. The van der Waals surface area contributed by atoms with Crippen molar-refractivity contribution in [3.05, 3.63) is 97.1 Å². The van der Waals surface area contributed by atoms with Crippen molar-refractivity contribution >= 4 is 67.4 Å². The van der Waals surface area contributed by atoms with Crippen LogP contribution in [0.2, 0.25) is 0 Å². The lowest BCUT2D eigenvalue weighted by Crippen LogP contribution is -2.32. The predicted octanol–water partition coefficient (Wildman–Crippen LogP) is 5.65. The maximum atomic E-state index is 12.8. The Morgan fingerprint density at radius 1 is 0.500 bits per heavy atom. The quantitative estimate of drug-likeness (QED) is 0.123. The van der Waals surface area contributed by atoms with E-state index in [0.29, 0.717) is 25.9 Å². The maximum absolute atomic E-state index is 12.8. The van der Waals surface area contributed by atoms with Gasteiger partial charge in [0.15, 0.2) is 0 Å². The molecule has 4 aromatic carbocycles. The lowest BCUT2D eigenvalue weighted by atomic mass is 10.1. The molecule has 0 aliphatic carbocycles. The molecule has 6 rings (SSSR count). The third-order valence-corrected chi connectivity index (χ3v) is 8.43. The van der Waals surface area contributed by atoms with E-state index in [-0.39, 0.29) is 24.7 Å². The number of aliphatic carboxylic acids is 2. The first-order valence-corrected chi connectivity index (χ1v) is 15.3. The lowest BCUT2D eigenvalue weighted by Gasteiger charge is -2.18. The number of carboxylic acid groups (broad SMARTS) is 2. The highest BCUT2D eigenvalue weighted by molar-refractivity contribution is 6.10. The SMILES string of the molecule is O=C(C[C@@H](C(=O)O)n1c2ccccc2c2ccccc21)NCCCCNC(=O)C[C@@H](C(=O)O)n1c2ccccc2c2ccccc21. The van der Waals surface area contributed by atoms with E-state index in [1.54, 1.807) is 9.13 Å². The van der Waals surface area contributed by atoms with Gasteiger partial charge in [0.1, 0.15) is 12.1 Å². The highest BCUT2D eigenvalue weighted by atomic mass is 16.4. The molecule has 0 aliphatic heterocycles. The molecule has 10 heteroatoms. The van der Waals surface area contributed by atoms with Gasteiger partial charge < -0.3 is 30.0 Å². The van der Waals surface area contributed by atoms with E-state index in [4.69, 9.17) is 0 Å². The van der Waals surface area contributed by atoms with Crippen LogP contribution in [0.25, 0.3) is 43.6 Å². The van der Waals surface area contributed by atoms with E-state index >= 15 is 0 Å². The normalized spacial score (nSPS) is 12.8. The van der Waals surface area contributed by atoms with E-state index in [1.165, 1.54) is 0 Å². The molecule has 234 valence electrons. The summed E-state index contributed by atoms with van der Waals surface area (Å²) in [6, 6.07) is 28.1. The Balaban J connectivity index is 1.02. The van der Waals surface area contributed by atoms with Gasteiger partial charge in [0, 0.05) is 56.7 Å². The van der Waals surface area contributed by atoms with Gasteiger partial charge in [-0.3, -0.25) is 9.59 Å². The van der Waals surface area contributed by atoms with Gasteiger partial charge in [-0.05, 0) is 37.1 Å². The molecule has 0 radical (unpaired) electrons. The zero-order chi connectivity index (χ0) is 32.2. The highest BCUT2D eigenvalue weighted by Gasteiger charge is 2.28. The van der Waals surface area contributed by atoms with Crippen molar-refractivity contribution < 1.29 is 29.4 Å². The zero-order valence-electron chi connectivity index (χ0n) is 25.1. The molecule has 4 N–H and O–H groups in total. The van der Waals surface area contributed by atoms with Gasteiger partial charge in [0.2, 0.25) is 11.8 Å². The molecule has 0 fully saturated rings. The molecular weight excluding hydrogens is 584 g/mol. The van der Waals surface area contributed by atoms with Crippen LogP contribution in [0.3, 0.4) is 0 Å². The van der Waals surface area contributed by atoms with Crippen molar-refractivity contribution in [2.24, 2.45) is 0 Å². The number of nitrogens with one attached hydrogen (secondary N) is 2. The molecule has 46 heavy (non-hydrogen) atoms. The molecule has 6 aromatic rings. The number of carbonyl (C=O) groups excluding carboxylic acids is 2. The average Bonchev–Trinajstić information content (AvgIpc) is 3.57. The standard InChI is InChI=1S/C36H34N4O6/c41-33(21-31(35(43)44)39-27-15-5-1-11-23(27)24-12-2-6-16-28(24)39)37-19-9-10-20-38-34(42)22-32(36(45)46)40-29-17-7-3-13-25(29)26-14-4-8-18-30(26)40/h1-8,11-18,31-32H,9-10,19-22H2,(H,37,41)(H,38,42)(H,43,44)(H,45,46)/t31-,32-/m0/s1. The fraction of sp³-hybridized carbons (Fsp3) is 0.222. The number of amides is 2. The largest absolute Gasteiger partial charge is 0.480 e. The second kappa shape index (κ2) is 13.2. The van der Waals surface area contributed by atoms with Crippen molar-refractivity contribution in [1.29, 1.82) is 0 Å². The van der Waals surface area contributed by atoms with Gasteiger partial charge in [-0.15, -0.1) is 0 Å². The van der Waals surface area contributed by atoms with Crippen molar-refractivity contribution in [1.82, 2.24) is 19.8 Å². The van der Waals surface area contributed by atoms with Gasteiger partial charge in [-0.2, -0.15) is 0 Å². The summed E-state index contributed by atoms with van der Waals surface area (Å²) < 4.78 is 3.43.